The van der Waals surface area contributed by atoms with Crippen molar-refractivity contribution in [1.82, 2.24) is 15.1 Å². The van der Waals surface area contributed by atoms with E-state index in [2.05, 4.69) is 10.4 Å². The predicted molar refractivity (Wildman–Crippen MR) is 83.9 cm³/mol. The summed E-state index contributed by atoms with van der Waals surface area (Å²) in [6.07, 6.45) is 0. The van der Waals surface area contributed by atoms with E-state index in [0.29, 0.717) is 5.69 Å². The normalized spacial score (nSPS) is 12.2. The van der Waals surface area contributed by atoms with Gasteiger partial charge in [0.25, 0.3) is 0 Å². The first-order chi connectivity index (χ1) is 9.88. The number of carbonyl (C=O) groups is 1. The fraction of sp³-hybridized carbons (Fsp3) is 0.375. The molecule has 0 spiro atoms. The monoisotopic (exact) mass is 286 g/mol. The smallest absolute Gasteiger partial charge is 0.242 e. The van der Waals surface area contributed by atoms with Crippen molar-refractivity contribution in [3.05, 3.63) is 46.8 Å². The van der Waals surface area contributed by atoms with Gasteiger partial charge in [-0.3, -0.25) is 9.48 Å². The number of hydrogen-bond donors (Lipinski definition) is 2. The summed E-state index contributed by atoms with van der Waals surface area (Å²) in [5, 5.41) is 7.25. The zero-order chi connectivity index (χ0) is 15.6. The van der Waals surface area contributed by atoms with Crippen LogP contribution in [-0.2, 0) is 11.3 Å². The van der Waals surface area contributed by atoms with E-state index in [0.717, 1.165) is 17.0 Å². The van der Waals surface area contributed by atoms with Gasteiger partial charge in [-0.25, -0.2) is 0 Å². The van der Waals surface area contributed by atoms with Crippen LogP contribution in [0.25, 0.3) is 0 Å². The molecule has 2 aromatic rings. The van der Waals surface area contributed by atoms with Crippen LogP contribution in [0.4, 0.5) is 5.69 Å². The minimum atomic E-state index is -0.0753. The van der Waals surface area contributed by atoms with Gasteiger partial charge in [-0.2, -0.15) is 5.10 Å². The van der Waals surface area contributed by atoms with E-state index >= 15 is 0 Å². The highest BCUT2D eigenvalue weighted by Gasteiger charge is 2.13. The Morgan fingerprint density at radius 3 is 2.43 bits per heavy atom. The number of nitrogens with zero attached hydrogens (tertiary/aromatic N) is 2. The Balaban J connectivity index is 2.01. The molecule has 0 aliphatic carbocycles. The second-order valence-electron chi connectivity index (χ2n) is 5.44. The van der Waals surface area contributed by atoms with Crippen molar-refractivity contribution in [2.75, 3.05) is 5.73 Å². The molecule has 1 heterocycles. The van der Waals surface area contributed by atoms with E-state index in [1.807, 2.05) is 52.0 Å². The fourth-order valence-electron chi connectivity index (χ4n) is 2.23. The number of anilines is 1. The van der Waals surface area contributed by atoms with Crippen molar-refractivity contribution >= 4 is 11.6 Å². The van der Waals surface area contributed by atoms with Gasteiger partial charge in [0.15, 0.2) is 0 Å². The van der Waals surface area contributed by atoms with E-state index in [9.17, 15) is 4.79 Å². The van der Waals surface area contributed by atoms with Gasteiger partial charge < -0.3 is 11.1 Å². The largest absolute Gasteiger partial charge is 0.396 e. The summed E-state index contributed by atoms with van der Waals surface area (Å²) in [5.41, 5.74) is 10.4. The minimum absolute atomic E-state index is 0.0348. The maximum Gasteiger partial charge on any atom is 0.242 e. The van der Waals surface area contributed by atoms with E-state index in [-0.39, 0.29) is 18.5 Å². The molecular weight excluding hydrogens is 264 g/mol. The first kappa shape index (κ1) is 15.1. The highest BCUT2D eigenvalue weighted by atomic mass is 16.2. The number of benzene rings is 1. The van der Waals surface area contributed by atoms with Crippen LogP contribution < -0.4 is 11.1 Å². The molecule has 1 atom stereocenters. The molecule has 5 nitrogen and oxygen atoms in total. The van der Waals surface area contributed by atoms with Gasteiger partial charge in [0.1, 0.15) is 6.54 Å². The topological polar surface area (TPSA) is 72.9 Å². The highest BCUT2D eigenvalue weighted by molar-refractivity contribution is 5.76. The molecule has 112 valence electrons. The summed E-state index contributed by atoms with van der Waals surface area (Å²) in [6.45, 7) is 7.90. The molecule has 0 radical (unpaired) electrons. The first-order valence-corrected chi connectivity index (χ1v) is 7.04. The Bertz CT molecular complexity index is 643. The van der Waals surface area contributed by atoms with Crippen molar-refractivity contribution in [3.63, 3.8) is 0 Å². The molecule has 0 aliphatic heterocycles. The third-order valence-corrected chi connectivity index (χ3v) is 3.69. The zero-order valence-corrected chi connectivity index (χ0v) is 13.0. The highest BCUT2D eigenvalue weighted by Crippen LogP contribution is 2.15. The van der Waals surface area contributed by atoms with Gasteiger partial charge in [0.2, 0.25) is 5.91 Å². The third kappa shape index (κ3) is 3.42. The lowest BCUT2D eigenvalue weighted by Crippen LogP contribution is -2.30. The average molecular weight is 286 g/mol. The molecule has 1 amide bonds. The predicted octanol–water partition coefficient (Wildman–Crippen LogP) is 2.27. The number of nitrogens with one attached hydrogen (secondary N) is 1. The molecule has 1 aromatic carbocycles. The molecule has 21 heavy (non-hydrogen) atoms. The number of aryl methyl sites for hydroxylation is 2. The van der Waals surface area contributed by atoms with Crippen LogP contribution in [0.15, 0.2) is 24.3 Å². The number of aromatic nitrogens is 2. The van der Waals surface area contributed by atoms with Crippen LogP contribution in [0, 0.1) is 20.8 Å². The number of hydrogen-bond acceptors (Lipinski definition) is 3. The lowest BCUT2D eigenvalue weighted by molar-refractivity contribution is -0.122. The second kappa shape index (κ2) is 5.99. The molecule has 1 aromatic heterocycles. The van der Waals surface area contributed by atoms with Crippen molar-refractivity contribution < 1.29 is 4.79 Å². The Morgan fingerprint density at radius 1 is 1.29 bits per heavy atom. The van der Waals surface area contributed by atoms with Crippen molar-refractivity contribution in [3.8, 4) is 0 Å². The van der Waals surface area contributed by atoms with E-state index in [1.165, 1.54) is 5.56 Å². The Labute approximate surface area is 125 Å². The van der Waals surface area contributed by atoms with Crippen molar-refractivity contribution in [1.29, 1.82) is 0 Å². The fourth-order valence-corrected chi connectivity index (χ4v) is 2.23. The Morgan fingerprint density at radius 2 is 1.90 bits per heavy atom. The molecule has 0 bridgehead atoms. The molecule has 0 aliphatic rings. The number of rotatable bonds is 4. The van der Waals surface area contributed by atoms with Gasteiger partial charge >= 0.3 is 0 Å². The molecule has 2 rings (SSSR count). The van der Waals surface area contributed by atoms with Gasteiger partial charge in [0.05, 0.1) is 23.1 Å². The van der Waals surface area contributed by atoms with Crippen molar-refractivity contribution in [2.24, 2.45) is 0 Å². The molecule has 0 saturated carbocycles. The molecule has 1 unspecified atom stereocenters. The van der Waals surface area contributed by atoms with Crippen LogP contribution in [0.3, 0.4) is 0 Å². The molecule has 3 N–H and O–H groups in total. The van der Waals surface area contributed by atoms with Crippen LogP contribution >= 0.6 is 0 Å². The third-order valence-electron chi connectivity index (χ3n) is 3.69. The minimum Gasteiger partial charge on any atom is -0.396 e. The standard InChI is InChI=1S/C16H22N4O/c1-10-5-7-14(8-6-10)11(2)18-15(21)9-20-13(4)16(17)12(3)19-20/h5-8,11H,9,17H2,1-4H3,(H,18,21). The van der Waals surface area contributed by atoms with Crippen molar-refractivity contribution in [2.45, 2.75) is 40.3 Å². The summed E-state index contributed by atoms with van der Waals surface area (Å²) in [4.78, 5) is 12.1. The summed E-state index contributed by atoms with van der Waals surface area (Å²) < 4.78 is 1.64. The number of carbonyl (C=O) groups excluding carboxylic acids is 1. The molecular formula is C16H22N4O. The van der Waals surface area contributed by atoms with Gasteiger partial charge in [-0.15, -0.1) is 0 Å². The van der Waals surface area contributed by atoms with Gasteiger partial charge in [0, 0.05) is 0 Å². The Hall–Kier alpha value is -2.30. The molecule has 0 fully saturated rings. The quantitative estimate of drug-likeness (QED) is 0.905. The molecule has 5 heteroatoms. The summed E-state index contributed by atoms with van der Waals surface area (Å²) in [7, 11) is 0. The lowest BCUT2D eigenvalue weighted by Gasteiger charge is -2.15. The number of amides is 1. The van der Waals surface area contributed by atoms with E-state index in [1.54, 1.807) is 4.68 Å². The summed E-state index contributed by atoms with van der Waals surface area (Å²) >= 11 is 0. The Kier molecular flexibility index (Phi) is 4.31. The second-order valence-corrected chi connectivity index (χ2v) is 5.44. The lowest BCUT2D eigenvalue weighted by atomic mass is 10.1. The van der Waals surface area contributed by atoms with Gasteiger partial charge in [-0.1, -0.05) is 29.8 Å². The summed E-state index contributed by atoms with van der Waals surface area (Å²) in [5.74, 6) is -0.0753. The molecule has 0 saturated heterocycles. The number of nitrogens with two attached hydrogens (primary N) is 1. The zero-order valence-electron chi connectivity index (χ0n) is 13.0. The maximum absolute atomic E-state index is 12.1. The first-order valence-electron chi connectivity index (χ1n) is 7.04. The van der Waals surface area contributed by atoms with Gasteiger partial charge in [-0.05, 0) is 33.3 Å². The maximum atomic E-state index is 12.1. The average Bonchev–Trinajstić information content (AvgIpc) is 2.67. The van der Waals surface area contributed by atoms with Crippen LogP contribution in [0.1, 0.15) is 35.5 Å². The summed E-state index contributed by atoms with van der Waals surface area (Å²) in [6, 6.07) is 8.11. The van der Waals surface area contributed by atoms with Crippen LogP contribution in [-0.4, -0.2) is 15.7 Å². The van der Waals surface area contributed by atoms with E-state index in [4.69, 9.17) is 5.73 Å². The van der Waals surface area contributed by atoms with E-state index < -0.39 is 0 Å². The number of nitrogen functional groups attached to an aromatic ring is 1. The van der Waals surface area contributed by atoms with Crippen LogP contribution in [0.2, 0.25) is 0 Å². The van der Waals surface area contributed by atoms with Crippen LogP contribution in [0.5, 0.6) is 0 Å². The SMILES string of the molecule is Cc1ccc(C(C)NC(=O)Cn2nc(C)c(N)c2C)cc1.